The van der Waals surface area contributed by atoms with Crippen molar-refractivity contribution in [2.75, 3.05) is 19.5 Å². The number of nitrogens with zero attached hydrogens (tertiary/aromatic N) is 3. The minimum Gasteiger partial charge on any atom is -0.497 e. The van der Waals surface area contributed by atoms with Crippen LogP contribution >= 0.6 is 0 Å². The molecule has 10 nitrogen and oxygen atoms in total. The summed E-state index contributed by atoms with van der Waals surface area (Å²) >= 11 is 0. The van der Waals surface area contributed by atoms with Crippen molar-refractivity contribution in [3.05, 3.63) is 71.6 Å². The van der Waals surface area contributed by atoms with Crippen LogP contribution in [0.5, 0.6) is 11.5 Å². The average Bonchev–Trinajstić information content (AvgIpc) is 3.65. The lowest BCUT2D eigenvalue weighted by molar-refractivity contribution is -0.133. The van der Waals surface area contributed by atoms with E-state index in [1.807, 2.05) is 0 Å². The number of benzene rings is 2. The Labute approximate surface area is 218 Å². The van der Waals surface area contributed by atoms with Gasteiger partial charge in [0.15, 0.2) is 5.69 Å². The van der Waals surface area contributed by atoms with Crippen molar-refractivity contribution in [2.24, 2.45) is 0 Å². The maximum atomic E-state index is 13.8. The van der Waals surface area contributed by atoms with Crippen molar-refractivity contribution >= 4 is 23.4 Å². The van der Waals surface area contributed by atoms with E-state index in [9.17, 15) is 18.8 Å². The summed E-state index contributed by atoms with van der Waals surface area (Å²) in [6, 6.07) is 10.7. The van der Waals surface area contributed by atoms with Crippen LogP contribution < -0.4 is 20.1 Å². The van der Waals surface area contributed by atoms with Crippen LogP contribution in [0, 0.1) is 5.82 Å². The maximum Gasteiger partial charge on any atom is 0.276 e. The lowest BCUT2D eigenvalue weighted by Crippen LogP contribution is -2.64. The van der Waals surface area contributed by atoms with Gasteiger partial charge in [0.2, 0.25) is 5.91 Å². The van der Waals surface area contributed by atoms with E-state index in [1.165, 1.54) is 32.7 Å². The van der Waals surface area contributed by atoms with Crippen LogP contribution in [-0.4, -0.2) is 58.0 Å². The first kappa shape index (κ1) is 25.2. The maximum absolute atomic E-state index is 13.8. The standard InChI is InChI=1S/C27H28FN5O5/c1-27(26(36)29-13-16-4-6-17(28)7-5-16)14-32-15-30-22(23(32)25(35)33(27)18-8-9-18)24(34)31-20-11-10-19(37-2)12-21(20)38-3/h4-7,10-12,15,18H,8-9,13-14H2,1-3H3,(H,29,36)(H,31,34)/t27-/m1/s1. The Kier molecular flexibility index (Phi) is 6.52. The van der Waals surface area contributed by atoms with E-state index in [2.05, 4.69) is 15.6 Å². The van der Waals surface area contributed by atoms with Gasteiger partial charge in [-0.3, -0.25) is 14.4 Å². The molecule has 1 fully saturated rings. The molecule has 11 heteroatoms. The molecule has 1 saturated carbocycles. The number of imidazole rings is 1. The van der Waals surface area contributed by atoms with E-state index in [0.29, 0.717) is 17.2 Å². The van der Waals surface area contributed by atoms with Crippen LogP contribution in [0.1, 0.15) is 46.3 Å². The molecule has 0 bridgehead atoms. The molecular weight excluding hydrogens is 493 g/mol. The van der Waals surface area contributed by atoms with Crippen LogP contribution in [0.25, 0.3) is 0 Å². The predicted octanol–water partition coefficient (Wildman–Crippen LogP) is 2.99. The van der Waals surface area contributed by atoms with Crippen molar-refractivity contribution in [1.82, 2.24) is 19.8 Å². The molecule has 2 N–H and O–H groups in total. The van der Waals surface area contributed by atoms with Gasteiger partial charge in [-0.25, -0.2) is 9.37 Å². The van der Waals surface area contributed by atoms with Crippen molar-refractivity contribution in [1.29, 1.82) is 0 Å². The fourth-order valence-corrected chi connectivity index (χ4v) is 4.78. The Bertz CT molecular complexity index is 1400. The molecule has 0 radical (unpaired) electrons. The SMILES string of the molecule is COc1ccc(NC(=O)c2ncn3c2C(=O)N(C2CC2)[C@@](C)(C(=O)NCc2ccc(F)cc2)C3)c(OC)c1. The van der Waals surface area contributed by atoms with Crippen molar-refractivity contribution in [3.8, 4) is 11.5 Å². The first-order valence-electron chi connectivity index (χ1n) is 12.2. The normalized spacial score (nSPS) is 18.5. The van der Waals surface area contributed by atoms with Crippen molar-refractivity contribution < 1.29 is 28.2 Å². The molecule has 0 unspecified atom stereocenters. The second-order valence-electron chi connectivity index (χ2n) is 9.58. The topological polar surface area (TPSA) is 115 Å². The number of hydrogen-bond acceptors (Lipinski definition) is 6. The van der Waals surface area contributed by atoms with Gasteiger partial charge >= 0.3 is 0 Å². The highest BCUT2D eigenvalue weighted by Gasteiger charge is 2.53. The second kappa shape index (κ2) is 9.81. The van der Waals surface area contributed by atoms with Gasteiger partial charge in [-0.15, -0.1) is 0 Å². The van der Waals surface area contributed by atoms with Gasteiger partial charge < -0.3 is 29.6 Å². The van der Waals surface area contributed by atoms with Crippen LogP contribution in [-0.2, 0) is 17.9 Å². The Morgan fingerprint density at radius 2 is 1.87 bits per heavy atom. The second-order valence-corrected chi connectivity index (χ2v) is 9.58. The molecule has 2 heterocycles. The van der Waals surface area contributed by atoms with Gasteiger partial charge in [0.05, 0.1) is 32.8 Å². The molecule has 38 heavy (non-hydrogen) atoms. The van der Waals surface area contributed by atoms with E-state index in [4.69, 9.17) is 9.47 Å². The summed E-state index contributed by atoms with van der Waals surface area (Å²) in [6.45, 7) is 2.04. The fraction of sp³-hybridized carbons (Fsp3) is 0.333. The first-order chi connectivity index (χ1) is 18.2. The number of carbonyl (C=O) groups is 3. The minimum absolute atomic E-state index is 0.0349. The number of ether oxygens (including phenoxy) is 2. The zero-order valence-electron chi connectivity index (χ0n) is 21.3. The number of nitrogens with one attached hydrogen (secondary N) is 2. The fourth-order valence-electron chi connectivity index (χ4n) is 4.78. The summed E-state index contributed by atoms with van der Waals surface area (Å²) in [7, 11) is 3.00. The average molecular weight is 522 g/mol. The van der Waals surface area contributed by atoms with Gasteiger partial charge in [0.25, 0.3) is 11.8 Å². The lowest BCUT2D eigenvalue weighted by Gasteiger charge is -2.44. The van der Waals surface area contributed by atoms with Crippen LogP contribution in [0.4, 0.5) is 10.1 Å². The summed E-state index contributed by atoms with van der Waals surface area (Å²) in [6.07, 6.45) is 2.94. The monoisotopic (exact) mass is 521 g/mol. The number of carbonyl (C=O) groups excluding carboxylic acids is 3. The number of amides is 3. The van der Waals surface area contributed by atoms with E-state index < -0.39 is 17.4 Å². The highest BCUT2D eigenvalue weighted by atomic mass is 19.1. The third-order valence-corrected chi connectivity index (χ3v) is 6.91. The Morgan fingerprint density at radius 3 is 2.53 bits per heavy atom. The summed E-state index contributed by atoms with van der Waals surface area (Å²) in [5, 5.41) is 5.64. The van der Waals surface area contributed by atoms with Crippen molar-refractivity contribution in [2.45, 2.75) is 44.4 Å². The predicted molar refractivity (Wildman–Crippen MR) is 136 cm³/mol. The van der Waals surface area contributed by atoms with Gasteiger partial charge in [-0.05, 0) is 49.6 Å². The highest BCUT2D eigenvalue weighted by molar-refractivity contribution is 6.12. The van der Waals surface area contributed by atoms with Gasteiger partial charge in [0, 0.05) is 18.7 Å². The third-order valence-electron chi connectivity index (χ3n) is 6.91. The van der Waals surface area contributed by atoms with E-state index in [1.54, 1.807) is 46.7 Å². The lowest BCUT2D eigenvalue weighted by atomic mass is 9.93. The molecule has 3 aromatic rings. The number of rotatable bonds is 8. The summed E-state index contributed by atoms with van der Waals surface area (Å²) < 4.78 is 25.3. The minimum atomic E-state index is -1.20. The van der Waals surface area contributed by atoms with E-state index >= 15 is 0 Å². The molecule has 1 atom stereocenters. The van der Waals surface area contributed by atoms with E-state index in [0.717, 1.165) is 18.4 Å². The summed E-state index contributed by atoms with van der Waals surface area (Å²) in [5.41, 5.74) is 0.0314. The van der Waals surface area contributed by atoms with Crippen molar-refractivity contribution in [3.63, 3.8) is 0 Å². The Morgan fingerprint density at radius 1 is 1.13 bits per heavy atom. The van der Waals surface area contributed by atoms with Gasteiger partial charge in [-0.1, -0.05) is 12.1 Å². The van der Waals surface area contributed by atoms with Crippen LogP contribution in [0.2, 0.25) is 0 Å². The molecule has 2 aliphatic rings. The first-order valence-corrected chi connectivity index (χ1v) is 12.2. The quantitative estimate of drug-likeness (QED) is 0.471. The number of methoxy groups -OCH3 is 2. The highest BCUT2D eigenvalue weighted by Crippen LogP contribution is 2.39. The number of aromatic nitrogens is 2. The van der Waals surface area contributed by atoms with Crippen LogP contribution in [0.15, 0.2) is 48.8 Å². The molecule has 5 rings (SSSR count). The van der Waals surface area contributed by atoms with Crippen LogP contribution in [0.3, 0.4) is 0 Å². The van der Waals surface area contributed by atoms with Gasteiger partial charge in [0.1, 0.15) is 28.5 Å². The zero-order chi connectivity index (χ0) is 27.0. The Balaban J connectivity index is 1.40. The zero-order valence-corrected chi connectivity index (χ0v) is 21.3. The molecule has 3 amide bonds. The van der Waals surface area contributed by atoms with Gasteiger partial charge in [-0.2, -0.15) is 0 Å². The molecule has 2 aromatic carbocycles. The van der Waals surface area contributed by atoms with E-state index in [-0.39, 0.29) is 42.2 Å². The molecule has 198 valence electrons. The molecular formula is C27H28FN5O5. The molecule has 1 aromatic heterocycles. The third kappa shape index (κ3) is 4.55. The largest absolute Gasteiger partial charge is 0.497 e. The number of fused-ring (bicyclic) bond motifs is 1. The number of halogens is 1. The Hall–Kier alpha value is -4.41. The smallest absolute Gasteiger partial charge is 0.276 e. The molecule has 1 aliphatic carbocycles. The molecule has 1 aliphatic heterocycles. The summed E-state index contributed by atoms with van der Waals surface area (Å²) in [4.78, 5) is 46.3. The number of anilines is 1. The molecule has 0 saturated heterocycles. The summed E-state index contributed by atoms with van der Waals surface area (Å²) in [5.74, 6) is -0.745. The molecule has 0 spiro atoms. The number of hydrogen-bond donors (Lipinski definition) is 2.